The van der Waals surface area contributed by atoms with E-state index in [0.29, 0.717) is 41.8 Å². The number of halogens is 3. The lowest BCUT2D eigenvalue weighted by atomic mass is 10.1. The van der Waals surface area contributed by atoms with Gasteiger partial charge in [0.2, 0.25) is 0 Å². The summed E-state index contributed by atoms with van der Waals surface area (Å²) < 4.78 is 46.2. The first kappa shape index (κ1) is 27.8. The van der Waals surface area contributed by atoms with Crippen molar-refractivity contribution in [1.29, 1.82) is 0 Å². The molecule has 2 amide bonds. The molecule has 11 nitrogen and oxygen atoms in total. The summed E-state index contributed by atoms with van der Waals surface area (Å²) in [6, 6.07) is 7.73. The van der Waals surface area contributed by atoms with Crippen molar-refractivity contribution in [2.24, 2.45) is 0 Å². The van der Waals surface area contributed by atoms with Crippen molar-refractivity contribution in [3.8, 4) is 11.3 Å². The van der Waals surface area contributed by atoms with Crippen LogP contribution < -0.4 is 11.1 Å². The number of pyridine rings is 1. The third-order valence-electron chi connectivity index (χ3n) is 6.43. The Morgan fingerprint density at radius 2 is 1.80 bits per heavy atom. The second-order valence-electron chi connectivity index (χ2n) is 10.6. The Morgan fingerprint density at radius 1 is 1.07 bits per heavy atom. The minimum absolute atomic E-state index is 0.182. The largest absolute Gasteiger partial charge is 0.444 e. The Labute approximate surface area is 232 Å². The Morgan fingerprint density at radius 3 is 2.49 bits per heavy atom. The zero-order valence-electron chi connectivity index (χ0n) is 22.4. The number of amides is 2. The van der Waals surface area contributed by atoms with Crippen LogP contribution in [0.1, 0.15) is 49.2 Å². The van der Waals surface area contributed by atoms with Gasteiger partial charge in [0, 0.05) is 30.4 Å². The van der Waals surface area contributed by atoms with Crippen molar-refractivity contribution in [2.45, 2.75) is 45.0 Å². The molecule has 1 aromatic carbocycles. The van der Waals surface area contributed by atoms with Gasteiger partial charge in [-0.15, -0.1) is 0 Å². The van der Waals surface area contributed by atoms with Crippen LogP contribution in [-0.4, -0.2) is 60.3 Å². The van der Waals surface area contributed by atoms with E-state index >= 15 is 0 Å². The lowest BCUT2D eigenvalue weighted by molar-refractivity contribution is -0.137. The van der Waals surface area contributed by atoms with Crippen LogP contribution >= 0.6 is 0 Å². The van der Waals surface area contributed by atoms with Crippen molar-refractivity contribution in [1.82, 2.24) is 29.6 Å². The average Bonchev–Trinajstić information content (AvgIpc) is 3.54. The third-order valence-corrected chi connectivity index (χ3v) is 6.43. The van der Waals surface area contributed by atoms with E-state index in [0.717, 1.165) is 18.3 Å². The summed E-state index contributed by atoms with van der Waals surface area (Å²) in [5.41, 5.74) is 6.49. The second-order valence-corrected chi connectivity index (χ2v) is 10.6. The van der Waals surface area contributed by atoms with Gasteiger partial charge in [0.25, 0.3) is 5.91 Å². The zero-order valence-corrected chi connectivity index (χ0v) is 22.4. The molecule has 3 N–H and O–H groups in total. The topological polar surface area (TPSA) is 141 Å². The molecule has 1 saturated heterocycles. The van der Waals surface area contributed by atoms with Crippen molar-refractivity contribution in [3.63, 3.8) is 0 Å². The highest BCUT2D eigenvalue weighted by molar-refractivity contribution is 6.04. The lowest BCUT2D eigenvalue weighted by Gasteiger charge is -2.24. The van der Waals surface area contributed by atoms with Gasteiger partial charge in [-0.2, -0.15) is 18.3 Å². The average molecular weight is 569 g/mol. The number of benzene rings is 1. The molecule has 0 saturated carbocycles. The number of nitrogen functional groups attached to an aromatic ring is 1. The Balaban J connectivity index is 1.39. The predicted octanol–water partition coefficient (Wildman–Crippen LogP) is 4.92. The van der Waals surface area contributed by atoms with Crippen LogP contribution in [0.5, 0.6) is 0 Å². The standard InChI is InChI=1S/C27H27F3N8O3/c1-26(2,3)41-25(40)37-11-9-18(13-37)38-23-20(22(31)33-14-34-23)21(36-38)15-4-6-16(7-5-15)24(39)35-19-12-17(8-10-32-19)27(28,29)30/h4-8,10,12,14,18H,9,11,13H2,1-3H3,(H2,31,33,34)(H,32,35,39)/t18-/m1/s1. The van der Waals surface area contributed by atoms with Crippen LogP contribution in [0.25, 0.3) is 22.3 Å². The molecule has 4 heterocycles. The number of hydrogen-bond donors (Lipinski definition) is 2. The molecule has 0 bridgehead atoms. The quantitative estimate of drug-likeness (QED) is 0.353. The number of ether oxygens (including phenoxy) is 1. The number of likely N-dealkylation sites (tertiary alicyclic amines) is 1. The summed E-state index contributed by atoms with van der Waals surface area (Å²) in [6.45, 7) is 6.28. The first-order valence-electron chi connectivity index (χ1n) is 12.7. The summed E-state index contributed by atoms with van der Waals surface area (Å²) in [4.78, 5) is 39.2. The van der Waals surface area contributed by atoms with Crippen molar-refractivity contribution in [3.05, 3.63) is 60.0 Å². The minimum atomic E-state index is -4.56. The maximum atomic E-state index is 13.0. The summed E-state index contributed by atoms with van der Waals surface area (Å²) in [7, 11) is 0. The molecule has 0 radical (unpaired) electrons. The molecule has 1 aliphatic heterocycles. The number of anilines is 2. The van der Waals surface area contributed by atoms with Crippen molar-refractivity contribution in [2.75, 3.05) is 24.1 Å². The monoisotopic (exact) mass is 568 g/mol. The van der Waals surface area contributed by atoms with Gasteiger partial charge in [-0.1, -0.05) is 12.1 Å². The van der Waals surface area contributed by atoms with Crippen LogP contribution in [0.4, 0.5) is 29.6 Å². The van der Waals surface area contributed by atoms with Crippen LogP contribution in [0, 0.1) is 0 Å². The van der Waals surface area contributed by atoms with E-state index in [1.54, 1.807) is 21.7 Å². The molecule has 0 unspecified atom stereocenters. The van der Waals surface area contributed by atoms with E-state index in [1.807, 2.05) is 20.8 Å². The molecule has 0 spiro atoms. The maximum absolute atomic E-state index is 13.0. The lowest BCUT2D eigenvalue weighted by Crippen LogP contribution is -2.35. The van der Waals surface area contributed by atoms with E-state index in [9.17, 15) is 22.8 Å². The number of nitrogens with zero attached hydrogens (tertiary/aromatic N) is 6. The van der Waals surface area contributed by atoms with Gasteiger partial charge in [-0.25, -0.2) is 24.4 Å². The predicted molar refractivity (Wildman–Crippen MR) is 144 cm³/mol. The van der Waals surface area contributed by atoms with Crippen molar-refractivity contribution < 1.29 is 27.5 Å². The minimum Gasteiger partial charge on any atom is -0.444 e. The van der Waals surface area contributed by atoms with Gasteiger partial charge >= 0.3 is 12.3 Å². The Hall–Kier alpha value is -4.75. The second kappa shape index (κ2) is 10.3. The SMILES string of the molecule is CC(C)(C)OC(=O)N1CC[C@@H](n2nc(-c3ccc(C(=O)Nc4cc(C(F)(F)F)ccn4)cc3)c3c(N)ncnc32)C1. The van der Waals surface area contributed by atoms with Crippen LogP contribution in [0.3, 0.4) is 0 Å². The molecule has 214 valence electrons. The number of carbonyl (C=O) groups is 2. The van der Waals surface area contributed by atoms with E-state index in [4.69, 9.17) is 15.6 Å². The molecule has 1 atom stereocenters. The number of rotatable bonds is 4. The normalized spacial score (nSPS) is 15.8. The van der Waals surface area contributed by atoms with Crippen LogP contribution in [0.2, 0.25) is 0 Å². The number of carbonyl (C=O) groups excluding carboxylic acids is 2. The first-order valence-corrected chi connectivity index (χ1v) is 12.7. The van der Waals surface area contributed by atoms with E-state index in [2.05, 4.69) is 20.3 Å². The van der Waals surface area contributed by atoms with Gasteiger partial charge in [0.05, 0.1) is 17.0 Å². The van der Waals surface area contributed by atoms with Gasteiger partial charge < -0.3 is 20.7 Å². The highest BCUT2D eigenvalue weighted by Crippen LogP contribution is 2.34. The summed E-state index contributed by atoms with van der Waals surface area (Å²) in [5.74, 6) is -0.633. The molecular formula is C27H27F3N8O3. The molecule has 41 heavy (non-hydrogen) atoms. The fourth-order valence-electron chi connectivity index (χ4n) is 4.53. The number of nitrogens with one attached hydrogen (secondary N) is 1. The van der Waals surface area contributed by atoms with Crippen LogP contribution in [0.15, 0.2) is 48.9 Å². The van der Waals surface area contributed by atoms with E-state index < -0.39 is 29.3 Å². The number of fused-ring (bicyclic) bond motifs is 1. The van der Waals surface area contributed by atoms with Crippen LogP contribution in [-0.2, 0) is 10.9 Å². The fourth-order valence-corrected chi connectivity index (χ4v) is 4.53. The number of alkyl halides is 3. The molecule has 3 aromatic heterocycles. The van der Waals surface area contributed by atoms with E-state index in [-0.39, 0.29) is 23.2 Å². The zero-order chi connectivity index (χ0) is 29.5. The molecule has 4 aromatic rings. The Bertz CT molecular complexity index is 1610. The number of nitrogens with two attached hydrogens (primary N) is 1. The molecule has 5 rings (SSSR count). The van der Waals surface area contributed by atoms with Gasteiger partial charge in [0.1, 0.15) is 29.3 Å². The molecule has 1 aliphatic rings. The smallest absolute Gasteiger partial charge is 0.416 e. The summed E-state index contributed by atoms with van der Waals surface area (Å²) >= 11 is 0. The van der Waals surface area contributed by atoms with Gasteiger partial charge in [-0.05, 0) is 51.5 Å². The van der Waals surface area contributed by atoms with E-state index in [1.165, 1.54) is 18.5 Å². The Kier molecular flexibility index (Phi) is 7.01. The first-order chi connectivity index (χ1) is 19.3. The third kappa shape index (κ3) is 5.90. The highest BCUT2D eigenvalue weighted by Gasteiger charge is 2.33. The molecule has 14 heteroatoms. The number of aromatic nitrogens is 5. The fraction of sp³-hybridized carbons (Fsp3) is 0.333. The maximum Gasteiger partial charge on any atom is 0.416 e. The van der Waals surface area contributed by atoms with Gasteiger partial charge in [-0.3, -0.25) is 4.79 Å². The molecular weight excluding hydrogens is 541 g/mol. The summed E-state index contributed by atoms with van der Waals surface area (Å²) in [6.07, 6.45) is -2.02. The van der Waals surface area contributed by atoms with Gasteiger partial charge in [0.15, 0.2) is 5.65 Å². The molecule has 1 fully saturated rings. The number of hydrogen-bond acceptors (Lipinski definition) is 8. The van der Waals surface area contributed by atoms with Crippen molar-refractivity contribution >= 4 is 34.7 Å². The summed E-state index contributed by atoms with van der Waals surface area (Å²) in [5, 5.41) is 7.69. The molecule has 0 aliphatic carbocycles. The highest BCUT2D eigenvalue weighted by atomic mass is 19.4.